The van der Waals surface area contributed by atoms with E-state index in [1.165, 1.54) is 13.2 Å². The van der Waals surface area contributed by atoms with Gasteiger partial charge in [0.2, 0.25) is 0 Å². The number of nitrogens with zero attached hydrogens (tertiary/aromatic N) is 1. The molecule has 0 bridgehead atoms. The minimum Gasteiger partial charge on any atom is -0.453 e. The summed E-state index contributed by atoms with van der Waals surface area (Å²) in [6, 6.07) is 14.2. The quantitative estimate of drug-likeness (QED) is 0.475. The summed E-state index contributed by atoms with van der Waals surface area (Å²) >= 11 is 0. The third kappa shape index (κ3) is 4.98. The topological polar surface area (TPSA) is 92.7 Å². The van der Waals surface area contributed by atoms with Gasteiger partial charge in [-0.05, 0) is 36.6 Å². The second-order valence-electron chi connectivity index (χ2n) is 8.09. The number of alkyl carbamates (subject to hydrolysis) is 1. The molecule has 1 aliphatic heterocycles. The van der Waals surface area contributed by atoms with E-state index in [-0.39, 0.29) is 6.42 Å². The third-order valence-electron chi connectivity index (χ3n) is 6.01. The van der Waals surface area contributed by atoms with Gasteiger partial charge in [-0.1, -0.05) is 30.3 Å². The standard InChI is InChI=1S/C25H28FN3O4/c1-32-24(30)28-11-5-10-25(31,22-16-27-12-13-33-22)19-7-4-8-20(26)23(19)18-14-17-6-2-3-9-21(17)29-15-18/h2-4,6-9,14-15,22,27,31H,5,10-13,16H2,1H3,(H,28,30)/t22-,25-/m1/s1. The third-order valence-corrected chi connectivity index (χ3v) is 6.01. The first kappa shape index (κ1) is 23.1. The number of carbonyl (C=O) groups excluding carboxylic acids is 1. The van der Waals surface area contributed by atoms with E-state index < -0.39 is 23.6 Å². The number of benzene rings is 2. The van der Waals surface area contributed by atoms with Crippen molar-refractivity contribution in [1.29, 1.82) is 0 Å². The maximum Gasteiger partial charge on any atom is 0.406 e. The summed E-state index contributed by atoms with van der Waals surface area (Å²) in [5, 5.41) is 18.8. The molecule has 1 aromatic heterocycles. The first-order valence-electron chi connectivity index (χ1n) is 11.0. The van der Waals surface area contributed by atoms with E-state index in [2.05, 4.69) is 20.4 Å². The molecule has 3 aromatic rings. The number of ether oxygens (including phenoxy) is 2. The first-order chi connectivity index (χ1) is 16.0. The van der Waals surface area contributed by atoms with Crippen molar-refractivity contribution in [3.05, 3.63) is 66.1 Å². The molecular formula is C25H28FN3O4. The number of pyridine rings is 1. The zero-order valence-corrected chi connectivity index (χ0v) is 18.5. The van der Waals surface area contributed by atoms with Gasteiger partial charge in [0.05, 0.1) is 19.2 Å². The minimum atomic E-state index is -1.49. The van der Waals surface area contributed by atoms with Crippen LogP contribution in [-0.2, 0) is 15.1 Å². The van der Waals surface area contributed by atoms with Crippen LogP contribution < -0.4 is 10.6 Å². The number of morpholine rings is 1. The zero-order valence-electron chi connectivity index (χ0n) is 18.5. The van der Waals surface area contributed by atoms with Crippen LogP contribution in [0.5, 0.6) is 0 Å². The molecular weight excluding hydrogens is 425 g/mol. The Balaban J connectivity index is 1.74. The molecule has 8 heteroatoms. The van der Waals surface area contributed by atoms with Crippen molar-refractivity contribution in [3.8, 4) is 11.1 Å². The van der Waals surface area contributed by atoms with Crippen molar-refractivity contribution < 1.29 is 23.8 Å². The molecule has 0 saturated carbocycles. The number of para-hydroxylation sites is 1. The molecule has 0 radical (unpaired) electrons. The highest BCUT2D eigenvalue weighted by atomic mass is 19.1. The predicted molar refractivity (Wildman–Crippen MR) is 123 cm³/mol. The molecule has 2 atom stereocenters. The van der Waals surface area contributed by atoms with E-state index in [1.54, 1.807) is 18.3 Å². The van der Waals surface area contributed by atoms with Gasteiger partial charge in [-0.2, -0.15) is 0 Å². The number of rotatable bonds is 7. The molecule has 7 nitrogen and oxygen atoms in total. The Bertz CT molecular complexity index is 1120. The van der Waals surface area contributed by atoms with Crippen molar-refractivity contribution in [3.63, 3.8) is 0 Å². The molecule has 2 heterocycles. The molecule has 2 aromatic carbocycles. The van der Waals surface area contributed by atoms with Crippen LogP contribution in [0.3, 0.4) is 0 Å². The summed E-state index contributed by atoms with van der Waals surface area (Å²) in [6.07, 6.45) is 1.20. The SMILES string of the molecule is COC(=O)NCCC[C@@](O)(c1cccc(F)c1-c1cnc2ccccc2c1)[C@H]1CNCCO1. The lowest BCUT2D eigenvalue weighted by atomic mass is 9.79. The number of aromatic nitrogens is 1. The molecule has 1 aliphatic rings. The van der Waals surface area contributed by atoms with Crippen LogP contribution in [0.25, 0.3) is 22.0 Å². The van der Waals surface area contributed by atoms with Crippen LogP contribution >= 0.6 is 0 Å². The molecule has 1 fully saturated rings. The number of hydrogen-bond donors (Lipinski definition) is 3. The van der Waals surface area contributed by atoms with Gasteiger partial charge in [-0.3, -0.25) is 4.98 Å². The van der Waals surface area contributed by atoms with Crippen LogP contribution in [-0.4, -0.2) is 55.6 Å². The molecule has 3 N–H and O–H groups in total. The van der Waals surface area contributed by atoms with Gasteiger partial charge < -0.3 is 25.2 Å². The number of amides is 1. The minimum absolute atomic E-state index is 0.251. The number of fused-ring (bicyclic) bond motifs is 1. The summed E-state index contributed by atoms with van der Waals surface area (Å²) in [5.74, 6) is -0.445. The van der Waals surface area contributed by atoms with Gasteiger partial charge >= 0.3 is 6.09 Å². The van der Waals surface area contributed by atoms with E-state index in [4.69, 9.17) is 4.74 Å². The van der Waals surface area contributed by atoms with Gasteiger partial charge in [0.15, 0.2) is 0 Å². The number of nitrogens with one attached hydrogen (secondary N) is 2. The molecule has 0 spiro atoms. The summed E-state index contributed by atoms with van der Waals surface area (Å²) in [5.41, 5.74) is 0.633. The highest BCUT2D eigenvalue weighted by molar-refractivity contribution is 5.84. The Morgan fingerprint density at radius 1 is 1.33 bits per heavy atom. The highest BCUT2D eigenvalue weighted by Gasteiger charge is 2.42. The number of halogens is 1. The van der Waals surface area contributed by atoms with E-state index >= 15 is 4.39 Å². The van der Waals surface area contributed by atoms with Gasteiger partial charge in [0, 0.05) is 42.3 Å². The highest BCUT2D eigenvalue weighted by Crippen LogP contribution is 2.40. The number of aliphatic hydroxyl groups is 1. The Kier molecular flexibility index (Phi) is 7.17. The molecule has 174 valence electrons. The zero-order chi connectivity index (χ0) is 23.3. The van der Waals surface area contributed by atoms with Crippen molar-refractivity contribution in [2.24, 2.45) is 0 Å². The number of hydrogen-bond acceptors (Lipinski definition) is 6. The molecule has 1 amide bonds. The lowest BCUT2D eigenvalue weighted by Crippen LogP contribution is -2.52. The van der Waals surface area contributed by atoms with Crippen molar-refractivity contribution in [2.45, 2.75) is 24.5 Å². The van der Waals surface area contributed by atoms with E-state index in [0.29, 0.717) is 49.4 Å². The Hall–Kier alpha value is -3.07. The summed E-state index contributed by atoms with van der Waals surface area (Å²) < 4.78 is 25.8. The Morgan fingerprint density at radius 2 is 2.18 bits per heavy atom. The Morgan fingerprint density at radius 3 is 2.97 bits per heavy atom. The van der Waals surface area contributed by atoms with Gasteiger partial charge in [0.1, 0.15) is 17.5 Å². The smallest absolute Gasteiger partial charge is 0.406 e. The summed E-state index contributed by atoms with van der Waals surface area (Å²) in [6.45, 7) is 1.85. The lowest BCUT2D eigenvalue weighted by molar-refractivity contribution is -0.129. The van der Waals surface area contributed by atoms with Crippen LogP contribution in [0.1, 0.15) is 18.4 Å². The maximum absolute atomic E-state index is 15.3. The molecule has 1 saturated heterocycles. The van der Waals surface area contributed by atoms with Crippen LogP contribution in [0.2, 0.25) is 0 Å². The molecule has 33 heavy (non-hydrogen) atoms. The summed E-state index contributed by atoms with van der Waals surface area (Å²) in [4.78, 5) is 15.9. The monoisotopic (exact) mass is 453 g/mol. The number of carbonyl (C=O) groups is 1. The average molecular weight is 454 g/mol. The van der Waals surface area contributed by atoms with Crippen LogP contribution in [0, 0.1) is 5.82 Å². The molecule has 0 aliphatic carbocycles. The fourth-order valence-corrected chi connectivity index (χ4v) is 4.35. The first-order valence-corrected chi connectivity index (χ1v) is 11.0. The molecule has 0 unspecified atom stereocenters. The van der Waals surface area contributed by atoms with Gasteiger partial charge in [0.25, 0.3) is 0 Å². The summed E-state index contributed by atoms with van der Waals surface area (Å²) in [7, 11) is 1.30. The van der Waals surface area contributed by atoms with E-state index in [0.717, 1.165) is 10.9 Å². The molecule has 4 rings (SSSR count). The Labute approximate surface area is 191 Å². The average Bonchev–Trinajstić information content (AvgIpc) is 2.86. The maximum atomic E-state index is 15.3. The van der Waals surface area contributed by atoms with Crippen molar-refractivity contribution in [2.75, 3.05) is 33.4 Å². The number of methoxy groups -OCH3 is 1. The lowest BCUT2D eigenvalue weighted by Gasteiger charge is -2.40. The second kappa shape index (κ2) is 10.2. The van der Waals surface area contributed by atoms with Crippen molar-refractivity contribution >= 4 is 17.0 Å². The van der Waals surface area contributed by atoms with Gasteiger partial charge in [-0.15, -0.1) is 0 Å². The second-order valence-corrected chi connectivity index (χ2v) is 8.09. The van der Waals surface area contributed by atoms with Crippen LogP contribution in [0.4, 0.5) is 9.18 Å². The fourth-order valence-electron chi connectivity index (χ4n) is 4.35. The normalized spacial score (nSPS) is 18.0. The van der Waals surface area contributed by atoms with E-state index in [9.17, 15) is 9.90 Å². The predicted octanol–water partition coefficient (Wildman–Crippen LogP) is 3.35. The van der Waals surface area contributed by atoms with Gasteiger partial charge in [-0.25, -0.2) is 9.18 Å². The van der Waals surface area contributed by atoms with E-state index in [1.807, 2.05) is 30.3 Å². The fraction of sp³-hybridized carbons (Fsp3) is 0.360. The van der Waals surface area contributed by atoms with Crippen molar-refractivity contribution in [1.82, 2.24) is 15.6 Å². The largest absolute Gasteiger partial charge is 0.453 e. The van der Waals surface area contributed by atoms with Crippen LogP contribution in [0.15, 0.2) is 54.7 Å².